The molecule has 5 unspecified atom stereocenters. The molecule has 0 aliphatic heterocycles. The van der Waals surface area contributed by atoms with Gasteiger partial charge < -0.3 is 30.3 Å². The van der Waals surface area contributed by atoms with E-state index >= 15 is 0 Å². The van der Waals surface area contributed by atoms with Crippen LogP contribution in [0.1, 0.15) is 88.5 Å². The van der Waals surface area contributed by atoms with Crippen LogP contribution in [-0.2, 0) is 14.3 Å². The second kappa shape index (κ2) is 19.9. The maximum atomic E-state index is 13.4. The number of Topliss-reactive ketones (excluding diaryl/α,β-unsaturated/α-hetero) is 2. The highest BCUT2D eigenvalue weighted by Gasteiger charge is 2.46. The minimum atomic E-state index is -1.46. The molecule has 0 aromatic rings. The summed E-state index contributed by atoms with van der Waals surface area (Å²) in [6.45, 7) is 19.5. The third-order valence-corrected chi connectivity index (χ3v) is 11.0. The number of ketones is 2. The van der Waals surface area contributed by atoms with E-state index in [0.29, 0.717) is 24.0 Å². The number of carbonyl (C=O) groups excluding carboxylic acids is 2. The van der Waals surface area contributed by atoms with Crippen molar-refractivity contribution in [3.05, 3.63) is 130 Å². The molecule has 55 heavy (non-hydrogen) atoms. The van der Waals surface area contributed by atoms with E-state index in [2.05, 4.69) is 13.8 Å². The van der Waals surface area contributed by atoms with Gasteiger partial charge in [0.05, 0.1) is 12.2 Å². The lowest BCUT2D eigenvalue weighted by Crippen LogP contribution is -2.56. The lowest BCUT2D eigenvalue weighted by atomic mass is 9.70. The predicted molar refractivity (Wildman–Crippen MR) is 221 cm³/mol. The van der Waals surface area contributed by atoms with E-state index in [1.54, 1.807) is 13.8 Å². The van der Waals surface area contributed by atoms with E-state index < -0.39 is 48.0 Å². The van der Waals surface area contributed by atoms with Gasteiger partial charge in [-0.2, -0.15) is 0 Å². The molecule has 0 aromatic heterocycles. The number of rotatable bonds is 13. The van der Waals surface area contributed by atoms with E-state index in [0.717, 1.165) is 33.4 Å². The quantitative estimate of drug-likeness (QED) is 0.122. The summed E-state index contributed by atoms with van der Waals surface area (Å²) in [5.74, 6) is -1.00. The largest absolute Gasteiger partial charge is 0.396 e. The summed E-state index contributed by atoms with van der Waals surface area (Å²) < 4.78 is 6.07. The molecular weight excluding hydrogens is 693 g/mol. The van der Waals surface area contributed by atoms with Crippen molar-refractivity contribution in [2.24, 2.45) is 16.7 Å². The fourth-order valence-electron chi connectivity index (χ4n) is 7.51. The maximum absolute atomic E-state index is 13.4. The molecule has 7 atom stereocenters. The lowest BCUT2D eigenvalue weighted by Gasteiger charge is -2.43. The van der Waals surface area contributed by atoms with Gasteiger partial charge in [0.25, 0.3) is 0 Å². The molecule has 300 valence electrons. The van der Waals surface area contributed by atoms with Crippen LogP contribution in [0.15, 0.2) is 130 Å². The van der Waals surface area contributed by atoms with Gasteiger partial charge in [0, 0.05) is 12.5 Å². The van der Waals surface area contributed by atoms with Crippen LogP contribution in [0, 0.1) is 16.7 Å². The third kappa shape index (κ3) is 12.4. The number of ether oxygens (including phenoxy) is 1. The number of aliphatic hydroxyl groups is 5. The van der Waals surface area contributed by atoms with E-state index in [-0.39, 0.29) is 30.0 Å². The standard InChI is InChI=1S/C47H64O8/c1-29(17-13-19-31(3)21-23-36-33(5)41(50)38(49)26-46(36,7)8)15-11-12-16-30(2)18-14-20-32(4)22-24-37-34(6)42(51)40(27-47(37,9)10)55-39-25-35(28-48)43(52)45(54)44(39)53/h11-24,35,38-40,43-45,48-49,52-54H,25-28H2,1-10H3/b12-11+,17-13+,18-14+,23-21+,24-22+,29-15+,30-16+,31-19+,32-20+/t35?,38?,39-,40?,43-,44?,45?/m1/s1. The Morgan fingerprint density at radius 1 is 0.636 bits per heavy atom. The molecule has 0 bridgehead atoms. The van der Waals surface area contributed by atoms with Gasteiger partial charge in [-0.3, -0.25) is 9.59 Å². The SMILES string of the molecule is CC1=C(/C=C/C(C)=C/C=C/C(C)=C/C=C/C=C(C)/C=C/C=C(C)/C=C/C2=C(C)C(=O)C(O[C@@H]3CC(CO)[C@@H](O)C(O)C3O)CC2(C)C)C(C)(C)CC(O)C1=O. The van der Waals surface area contributed by atoms with E-state index in [1.165, 1.54) is 0 Å². The van der Waals surface area contributed by atoms with Crippen LogP contribution < -0.4 is 0 Å². The van der Waals surface area contributed by atoms with Crippen molar-refractivity contribution in [3.63, 3.8) is 0 Å². The van der Waals surface area contributed by atoms with Crippen LogP contribution >= 0.6 is 0 Å². The van der Waals surface area contributed by atoms with Crippen LogP contribution in [0.3, 0.4) is 0 Å². The molecular formula is C47H64O8. The van der Waals surface area contributed by atoms with E-state index in [4.69, 9.17) is 4.74 Å². The first-order valence-electron chi connectivity index (χ1n) is 19.3. The van der Waals surface area contributed by atoms with Gasteiger partial charge in [-0.1, -0.05) is 135 Å². The molecule has 0 aromatic carbocycles. The van der Waals surface area contributed by atoms with Crippen LogP contribution in [0.5, 0.6) is 0 Å². The molecule has 0 amide bonds. The third-order valence-electron chi connectivity index (χ3n) is 11.0. The molecule has 8 nitrogen and oxygen atoms in total. The molecule has 3 aliphatic carbocycles. The minimum absolute atomic E-state index is 0.142. The normalized spacial score (nSPS) is 30.5. The fraction of sp³-hybridized carbons (Fsp3) is 0.489. The molecule has 1 saturated carbocycles. The molecule has 3 rings (SSSR count). The van der Waals surface area contributed by atoms with Gasteiger partial charge >= 0.3 is 0 Å². The number of hydrogen-bond donors (Lipinski definition) is 5. The molecule has 8 heteroatoms. The number of hydrogen-bond acceptors (Lipinski definition) is 8. The average molecular weight is 757 g/mol. The van der Waals surface area contributed by atoms with Gasteiger partial charge in [-0.25, -0.2) is 0 Å². The lowest BCUT2D eigenvalue weighted by molar-refractivity contribution is -0.193. The highest BCUT2D eigenvalue weighted by molar-refractivity contribution is 6.01. The summed E-state index contributed by atoms with van der Waals surface area (Å²) in [4.78, 5) is 25.7. The first-order valence-corrected chi connectivity index (χ1v) is 19.3. The summed E-state index contributed by atoms with van der Waals surface area (Å²) in [6, 6.07) is 0. The zero-order chi connectivity index (χ0) is 41.2. The molecule has 0 radical (unpaired) electrons. The van der Waals surface area contributed by atoms with Crippen LogP contribution in [-0.4, -0.2) is 80.3 Å². The average Bonchev–Trinajstić information content (AvgIpc) is 3.10. The molecule has 0 heterocycles. The second-order valence-corrected chi connectivity index (χ2v) is 16.7. The van der Waals surface area contributed by atoms with Gasteiger partial charge in [0.2, 0.25) is 0 Å². The Morgan fingerprint density at radius 2 is 1.07 bits per heavy atom. The summed E-state index contributed by atoms with van der Waals surface area (Å²) in [5.41, 5.74) is 6.69. The summed E-state index contributed by atoms with van der Waals surface area (Å²) in [6.07, 6.45) is 22.4. The monoisotopic (exact) mass is 756 g/mol. The summed E-state index contributed by atoms with van der Waals surface area (Å²) in [7, 11) is 0. The molecule has 1 fully saturated rings. The molecule has 0 spiro atoms. The Balaban J connectivity index is 1.56. The molecule has 0 saturated heterocycles. The smallest absolute Gasteiger partial charge is 0.187 e. The predicted octanol–water partition coefficient (Wildman–Crippen LogP) is 7.39. The van der Waals surface area contributed by atoms with Crippen molar-refractivity contribution in [3.8, 4) is 0 Å². The van der Waals surface area contributed by atoms with Crippen molar-refractivity contribution in [2.75, 3.05) is 6.61 Å². The Hall–Kier alpha value is -3.76. The minimum Gasteiger partial charge on any atom is -0.396 e. The highest BCUT2D eigenvalue weighted by Crippen LogP contribution is 2.42. The topological polar surface area (TPSA) is 145 Å². The van der Waals surface area contributed by atoms with E-state index in [1.807, 2.05) is 127 Å². The van der Waals surface area contributed by atoms with Gasteiger partial charge in [-0.15, -0.1) is 0 Å². The van der Waals surface area contributed by atoms with Crippen LogP contribution in [0.25, 0.3) is 0 Å². The Morgan fingerprint density at radius 3 is 1.56 bits per heavy atom. The van der Waals surface area contributed by atoms with Crippen molar-refractivity contribution in [2.45, 2.75) is 125 Å². The Labute approximate surface area is 328 Å². The molecule has 3 aliphatic rings. The maximum Gasteiger partial charge on any atom is 0.187 e. The fourth-order valence-corrected chi connectivity index (χ4v) is 7.51. The molecule has 5 N–H and O–H groups in total. The number of aliphatic hydroxyl groups excluding tert-OH is 5. The van der Waals surface area contributed by atoms with Crippen molar-refractivity contribution < 1.29 is 39.9 Å². The summed E-state index contributed by atoms with van der Waals surface area (Å²) >= 11 is 0. The van der Waals surface area contributed by atoms with Gasteiger partial charge in [0.15, 0.2) is 11.6 Å². The number of carbonyl (C=O) groups is 2. The zero-order valence-corrected chi connectivity index (χ0v) is 34.4. The summed E-state index contributed by atoms with van der Waals surface area (Å²) in [5, 5.41) is 50.6. The van der Waals surface area contributed by atoms with Crippen LogP contribution in [0.4, 0.5) is 0 Å². The zero-order valence-electron chi connectivity index (χ0n) is 34.4. The van der Waals surface area contributed by atoms with Gasteiger partial charge in [0.1, 0.15) is 24.4 Å². The van der Waals surface area contributed by atoms with Crippen molar-refractivity contribution in [1.29, 1.82) is 0 Å². The first-order chi connectivity index (χ1) is 25.7. The van der Waals surface area contributed by atoms with Crippen molar-refractivity contribution >= 4 is 11.6 Å². The Kier molecular flexibility index (Phi) is 16.5. The van der Waals surface area contributed by atoms with E-state index in [9.17, 15) is 35.1 Å². The van der Waals surface area contributed by atoms with Crippen molar-refractivity contribution in [1.82, 2.24) is 0 Å². The highest BCUT2D eigenvalue weighted by atomic mass is 16.5. The van der Waals surface area contributed by atoms with Gasteiger partial charge in [-0.05, 0) is 93.9 Å². The Bertz CT molecular complexity index is 1760. The second-order valence-electron chi connectivity index (χ2n) is 16.7. The number of allylic oxidation sites excluding steroid dienone is 20. The first kappa shape index (κ1) is 45.6. The van der Waals surface area contributed by atoms with Crippen LogP contribution in [0.2, 0.25) is 0 Å².